The summed E-state index contributed by atoms with van der Waals surface area (Å²) in [5, 5.41) is 13.4. The van der Waals surface area contributed by atoms with Crippen LogP contribution >= 0.6 is 0 Å². The number of carbonyl (C=O) groups excluding carboxylic acids is 1. The van der Waals surface area contributed by atoms with E-state index in [9.17, 15) is 19.5 Å². The van der Waals surface area contributed by atoms with Gasteiger partial charge >= 0.3 is 5.69 Å². The van der Waals surface area contributed by atoms with Crippen molar-refractivity contribution in [2.45, 2.75) is 25.4 Å². The molecule has 0 amide bonds. The molecular formula is C21H28N4O4. The normalized spacial score (nSPS) is 15.8. The van der Waals surface area contributed by atoms with E-state index in [1.54, 1.807) is 30.3 Å². The lowest BCUT2D eigenvalue weighted by molar-refractivity contribution is 0.103. The van der Waals surface area contributed by atoms with Crippen LogP contribution in [0.4, 0.5) is 5.82 Å². The van der Waals surface area contributed by atoms with Gasteiger partial charge < -0.3 is 15.3 Å². The summed E-state index contributed by atoms with van der Waals surface area (Å²) >= 11 is 0. The molecule has 1 saturated heterocycles. The van der Waals surface area contributed by atoms with Crippen molar-refractivity contribution in [3.63, 3.8) is 0 Å². The summed E-state index contributed by atoms with van der Waals surface area (Å²) in [5.74, 6) is -0.334. The van der Waals surface area contributed by atoms with E-state index in [1.807, 2.05) is 0 Å². The predicted octanol–water partition coefficient (Wildman–Crippen LogP) is 0.574. The summed E-state index contributed by atoms with van der Waals surface area (Å²) < 4.78 is 2.16. The van der Waals surface area contributed by atoms with E-state index in [4.69, 9.17) is 0 Å². The minimum absolute atomic E-state index is 0.106. The monoisotopic (exact) mass is 400 g/mol. The van der Waals surface area contributed by atoms with Crippen LogP contribution in [-0.4, -0.2) is 57.2 Å². The molecule has 29 heavy (non-hydrogen) atoms. The van der Waals surface area contributed by atoms with Crippen LogP contribution in [0.5, 0.6) is 0 Å². The molecule has 0 aliphatic carbocycles. The minimum Gasteiger partial charge on any atom is -0.390 e. The van der Waals surface area contributed by atoms with Crippen molar-refractivity contribution in [1.82, 2.24) is 14.0 Å². The summed E-state index contributed by atoms with van der Waals surface area (Å²) in [4.78, 5) is 40.4. The molecule has 1 atom stereocenters. The number of rotatable bonds is 7. The molecular weight excluding hydrogens is 372 g/mol. The standard InChI is InChI=1S/C21H28N4O4/c1-23-19(22-13-16(26)14-25-11-7-4-8-12-25)17(20(28)24(2)21(23)29)18(27)15-9-5-3-6-10-15/h3,5-6,9-10,16,22,26H,4,7-8,11-14H2,1-2H3. The average molecular weight is 400 g/mol. The van der Waals surface area contributed by atoms with Crippen molar-refractivity contribution in [1.29, 1.82) is 0 Å². The Morgan fingerprint density at radius 3 is 2.38 bits per heavy atom. The van der Waals surface area contributed by atoms with Gasteiger partial charge in [-0.1, -0.05) is 36.8 Å². The fraction of sp³-hybridized carbons (Fsp3) is 0.476. The van der Waals surface area contributed by atoms with Crippen molar-refractivity contribution < 1.29 is 9.90 Å². The molecule has 156 valence electrons. The first-order valence-electron chi connectivity index (χ1n) is 9.94. The zero-order valence-corrected chi connectivity index (χ0v) is 16.9. The lowest BCUT2D eigenvalue weighted by Crippen LogP contribution is -2.43. The molecule has 1 aliphatic rings. The third-order valence-corrected chi connectivity index (χ3v) is 5.35. The van der Waals surface area contributed by atoms with Crippen molar-refractivity contribution in [3.05, 3.63) is 62.3 Å². The van der Waals surface area contributed by atoms with Crippen LogP contribution in [0, 0.1) is 0 Å². The maximum atomic E-state index is 13.0. The molecule has 2 N–H and O–H groups in total. The van der Waals surface area contributed by atoms with Gasteiger partial charge in [-0.2, -0.15) is 0 Å². The summed E-state index contributed by atoms with van der Waals surface area (Å²) in [6, 6.07) is 8.47. The highest BCUT2D eigenvalue weighted by Crippen LogP contribution is 2.15. The van der Waals surface area contributed by atoms with Crippen LogP contribution in [0.15, 0.2) is 39.9 Å². The number of nitrogens with one attached hydrogen (secondary N) is 1. The van der Waals surface area contributed by atoms with Crippen LogP contribution in [0.2, 0.25) is 0 Å². The topological polar surface area (TPSA) is 96.6 Å². The third-order valence-electron chi connectivity index (χ3n) is 5.35. The molecule has 8 heteroatoms. The van der Waals surface area contributed by atoms with E-state index in [1.165, 1.54) is 25.1 Å². The van der Waals surface area contributed by atoms with Gasteiger partial charge in [0.05, 0.1) is 6.10 Å². The summed E-state index contributed by atoms with van der Waals surface area (Å²) in [6.07, 6.45) is 2.77. The van der Waals surface area contributed by atoms with Crippen LogP contribution in [0.3, 0.4) is 0 Å². The number of benzene rings is 1. The molecule has 1 aliphatic heterocycles. The molecule has 0 bridgehead atoms. The number of β-amino-alcohol motifs (C(OH)–C–C–N with tert-alkyl or cyclic N) is 1. The highest BCUT2D eigenvalue weighted by molar-refractivity contribution is 6.11. The Bertz CT molecular complexity index is 975. The van der Waals surface area contributed by atoms with Gasteiger partial charge in [-0.15, -0.1) is 0 Å². The van der Waals surface area contributed by atoms with E-state index in [2.05, 4.69) is 10.2 Å². The van der Waals surface area contributed by atoms with Crippen LogP contribution in [-0.2, 0) is 14.1 Å². The number of ketones is 1. The smallest absolute Gasteiger partial charge is 0.332 e. The number of likely N-dealkylation sites (tertiary alicyclic amines) is 1. The SMILES string of the molecule is Cn1c(NCC(O)CN2CCCCC2)c(C(=O)c2ccccc2)c(=O)n(C)c1=O. The minimum atomic E-state index is -0.688. The van der Waals surface area contributed by atoms with E-state index in [0.717, 1.165) is 30.5 Å². The molecule has 0 saturated carbocycles. The number of hydrogen-bond acceptors (Lipinski definition) is 6. The van der Waals surface area contributed by atoms with Crippen LogP contribution < -0.4 is 16.6 Å². The molecule has 0 radical (unpaired) electrons. The van der Waals surface area contributed by atoms with E-state index < -0.39 is 23.1 Å². The van der Waals surface area contributed by atoms with Gasteiger partial charge in [0.25, 0.3) is 5.56 Å². The number of nitrogens with zero attached hydrogens (tertiary/aromatic N) is 3. The number of hydrogen-bond donors (Lipinski definition) is 2. The quantitative estimate of drug-likeness (QED) is 0.660. The molecule has 1 aromatic carbocycles. The van der Waals surface area contributed by atoms with Gasteiger partial charge in [0, 0.05) is 32.7 Å². The lowest BCUT2D eigenvalue weighted by atomic mass is 10.0. The van der Waals surface area contributed by atoms with Gasteiger partial charge in [0.15, 0.2) is 0 Å². The van der Waals surface area contributed by atoms with Gasteiger partial charge in [-0.05, 0) is 25.9 Å². The second kappa shape index (κ2) is 9.19. The average Bonchev–Trinajstić information content (AvgIpc) is 2.74. The Morgan fingerprint density at radius 1 is 1.07 bits per heavy atom. The predicted molar refractivity (Wildman–Crippen MR) is 112 cm³/mol. The molecule has 0 spiro atoms. The van der Waals surface area contributed by atoms with Gasteiger partial charge in [0.1, 0.15) is 11.4 Å². The Hall–Kier alpha value is -2.71. The summed E-state index contributed by atoms with van der Waals surface area (Å²) in [5.41, 5.74) is -0.936. The molecule has 1 unspecified atom stereocenters. The Morgan fingerprint density at radius 2 is 1.72 bits per heavy atom. The fourth-order valence-electron chi connectivity index (χ4n) is 3.71. The number of piperidine rings is 1. The van der Waals surface area contributed by atoms with Crippen molar-refractivity contribution in [2.24, 2.45) is 14.1 Å². The third kappa shape index (κ3) is 4.65. The molecule has 8 nitrogen and oxygen atoms in total. The van der Waals surface area contributed by atoms with Gasteiger partial charge in [0.2, 0.25) is 5.78 Å². The number of anilines is 1. The zero-order chi connectivity index (χ0) is 21.0. The van der Waals surface area contributed by atoms with E-state index in [0.29, 0.717) is 12.1 Å². The van der Waals surface area contributed by atoms with Crippen LogP contribution in [0.25, 0.3) is 0 Å². The number of aromatic nitrogens is 2. The zero-order valence-electron chi connectivity index (χ0n) is 16.9. The first-order valence-corrected chi connectivity index (χ1v) is 9.94. The molecule has 1 aromatic heterocycles. The lowest BCUT2D eigenvalue weighted by Gasteiger charge is -2.28. The van der Waals surface area contributed by atoms with Crippen LogP contribution in [0.1, 0.15) is 35.2 Å². The number of carbonyl (C=O) groups is 1. The second-order valence-electron chi connectivity index (χ2n) is 7.52. The Balaban J connectivity index is 1.88. The largest absolute Gasteiger partial charge is 0.390 e. The molecule has 2 heterocycles. The van der Waals surface area contributed by atoms with Gasteiger partial charge in [-0.25, -0.2) is 4.79 Å². The molecule has 2 aromatic rings. The van der Waals surface area contributed by atoms with E-state index in [-0.39, 0.29) is 17.9 Å². The number of aliphatic hydroxyl groups excluding tert-OH is 1. The van der Waals surface area contributed by atoms with Crippen molar-refractivity contribution >= 4 is 11.6 Å². The highest BCUT2D eigenvalue weighted by Gasteiger charge is 2.24. The summed E-state index contributed by atoms with van der Waals surface area (Å²) in [7, 11) is 2.85. The Kier molecular flexibility index (Phi) is 6.66. The van der Waals surface area contributed by atoms with Crippen molar-refractivity contribution in [2.75, 3.05) is 31.5 Å². The number of aliphatic hydroxyl groups is 1. The Labute approximate surface area is 169 Å². The maximum absolute atomic E-state index is 13.0. The first kappa shape index (κ1) is 21.0. The molecule has 3 rings (SSSR count). The maximum Gasteiger partial charge on any atom is 0.332 e. The van der Waals surface area contributed by atoms with E-state index >= 15 is 0 Å². The first-order chi connectivity index (χ1) is 13.9. The molecule has 1 fully saturated rings. The van der Waals surface area contributed by atoms with Crippen molar-refractivity contribution in [3.8, 4) is 0 Å². The summed E-state index contributed by atoms with van der Waals surface area (Å²) in [6.45, 7) is 2.55. The van der Waals surface area contributed by atoms with Gasteiger partial charge in [-0.3, -0.25) is 18.7 Å². The highest BCUT2D eigenvalue weighted by atomic mass is 16.3. The fourth-order valence-corrected chi connectivity index (χ4v) is 3.71. The second-order valence-corrected chi connectivity index (χ2v) is 7.52.